The maximum absolute atomic E-state index is 13.0. The van der Waals surface area contributed by atoms with E-state index >= 15 is 0 Å². The molecule has 0 amide bonds. The zero-order chi connectivity index (χ0) is 27.6. The molecule has 5 rings (SSSR count). The lowest BCUT2D eigenvalue weighted by Crippen LogP contribution is -2.50. The highest BCUT2D eigenvalue weighted by atomic mass is 32.2. The van der Waals surface area contributed by atoms with E-state index in [4.69, 9.17) is 0 Å². The quantitative estimate of drug-likeness (QED) is 0.326. The topological polar surface area (TPSA) is 107 Å². The largest absolute Gasteiger partial charge is 0.366 e. The highest BCUT2D eigenvalue weighted by Crippen LogP contribution is 2.30. The first kappa shape index (κ1) is 27.5. The van der Waals surface area contributed by atoms with Crippen LogP contribution in [0.15, 0.2) is 52.7 Å². The van der Waals surface area contributed by atoms with Crippen LogP contribution in [0.25, 0.3) is 22.0 Å². The number of aromatic nitrogens is 4. The van der Waals surface area contributed by atoms with Gasteiger partial charge in [0.25, 0.3) is 10.0 Å². The third kappa shape index (κ3) is 6.10. The number of fused-ring (bicyclic) bond motifs is 1. The standard InChI is InChI=1S/C27H34N8O2S2/c1-19(15-34-8-10-35(11-9-34)39(36,37)27-20(2)31-18-38-27)32-26-24-7-5-6-23(25(24)29-17-30-26)22-12-21(13-28-14-22)16-33(3)4/h5-7,12-14,17-19H,8-11,15-16H2,1-4H3,(H,29,30,32)/t19-/m0/s1. The molecule has 1 saturated heterocycles. The second-order valence-corrected chi connectivity index (χ2v) is 13.2. The van der Waals surface area contributed by atoms with E-state index in [0.29, 0.717) is 36.1 Å². The molecule has 39 heavy (non-hydrogen) atoms. The van der Waals surface area contributed by atoms with Crippen molar-refractivity contribution in [2.45, 2.75) is 30.6 Å². The van der Waals surface area contributed by atoms with Crippen LogP contribution in [0.2, 0.25) is 0 Å². The third-order valence-electron chi connectivity index (χ3n) is 6.79. The Morgan fingerprint density at radius 1 is 1.10 bits per heavy atom. The van der Waals surface area contributed by atoms with Crippen molar-refractivity contribution in [1.82, 2.24) is 34.0 Å². The van der Waals surface area contributed by atoms with Crippen LogP contribution in [0, 0.1) is 6.92 Å². The van der Waals surface area contributed by atoms with Crippen LogP contribution in [-0.4, -0.2) is 95.3 Å². The smallest absolute Gasteiger partial charge is 0.254 e. The molecule has 4 heterocycles. The molecular weight excluding hydrogens is 532 g/mol. The van der Waals surface area contributed by atoms with Crippen molar-refractivity contribution < 1.29 is 8.42 Å². The first-order valence-electron chi connectivity index (χ1n) is 12.9. The molecule has 1 aliphatic rings. The van der Waals surface area contributed by atoms with Crippen LogP contribution in [0.3, 0.4) is 0 Å². The van der Waals surface area contributed by atoms with E-state index in [0.717, 1.165) is 46.5 Å². The number of para-hydroxylation sites is 1. The van der Waals surface area contributed by atoms with E-state index in [2.05, 4.69) is 54.1 Å². The van der Waals surface area contributed by atoms with Gasteiger partial charge in [0.1, 0.15) is 12.1 Å². The SMILES string of the molecule is Cc1ncsc1S(=O)(=O)N1CCN(C[C@H](C)Nc2ncnc3c(-c4cncc(CN(C)C)c4)cccc23)CC1. The molecule has 0 spiro atoms. The monoisotopic (exact) mass is 566 g/mol. The number of pyridine rings is 1. The average molecular weight is 567 g/mol. The number of benzene rings is 1. The summed E-state index contributed by atoms with van der Waals surface area (Å²) in [4.78, 5) is 22.2. The summed E-state index contributed by atoms with van der Waals surface area (Å²) < 4.78 is 27.9. The van der Waals surface area contributed by atoms with E-state index in [-0.39, 0.29) is 6.04 Å². The van der Waals surface area contributed by atoms with Gasteiger partial charge in [0, 0.05) is 74.2 Å². The van der Waals surface area contributed by atoms with Gasteiger partial charge in [0.2, 0.25) is 0 Å². The van der Waals surface area contributed by atoms with Crippen LogP contribution in [0.5, 0.6) is 0 Å². The molecule has 1 aromatic carbocycles. The van der Waals surface area contributed by atoms with Gasteiger partial charge in [-0.15, -0.1) is 11.3 Å². The minimum absolute atomic E-state index is 0.101. The van der Waals surface area contributed by atoms with Crippen LogP contribution in [0.1, 0.15) is 18.2 Å². The molecule has 1 aliphatic heterocycles. The van der Waals surface area contributed by atoms with Crippen molar-refractivity contribution in [1.29, 1.82) is 0 Å². The lowest BCUT2D eigenvalue weighted by Gasteiger charge is -2.35. The highest BCUT2D eigenvalue weighted by Gasteiger charge is 2.31. The summed E-state index contributed by atoms with van der Waals surface area (Å²) in [5, 5.41) is 4.52. The van der Waals surface area contributed by atoms with Gasteiger partial charge in [0.15, 0.2) is 4.21 Å². The van der Waals surface area contributed by atoms with Crippen molar-refractivity contribution in [3.05, 3.63) is 59.8 Å². The molecule has 0 unspecified atom stereocenters. The Balaban J connectivity index is 1.26. The number of hydrogen-bond donors (Lipinski definition) is 1. The summed E-state index contributed by atoms with van der Waals surface area (Å²) in [6, 6.07) is 8.40. The van der Waals surface area contributed by atoms with Crippen molar-refractivity contribution in [3.8, 4) is 11.1 Å². The number of rotatable bonds is 9. The molecule has 3 aromatic heterocycles. The molecule has 0 bridgehead atoms. The van der Waals surface area contributed by atoms with Gasteiger partial charge in [-0.25, -0.2) is 23.4 Å². The third-order valence-corrected chi connectivity index (χ3v) is 10.2. The van der Waals surface area contributed by atoms with Crippen LogP contribution in [-0.2, 0) is 16.6 Å². The van der Waals surface area contributed by atoms with Gasteiger partial charge >= 0.3 is 0 Å². The maximum atomic E-state index is 13.0. The van der Waals surface area contributed by atoms with Gasteiger partial charge in [-0.05, 0) is 45.6 Å². The summed E-state index contributed by atoms with van der Waals surface area (Å²) in [5.41, 5.74) is 6.23. The number of aryl methyl sites for hydroxylation is 1. The zero-order valence-corrected chi connectivity index (χ0v) is 24.3. The second kappa shape index (κ2) is 11.6. The van der Waals surface area contributed by atoms with E-state index in [1.54, 1.807) is 23.1 Å². The maximum Gasteiger partial charge on any atom is 0.254 e. The molecule has 0 saturated carbocycles. The fourth-order valence-electron chi connectivity index (χ4n) is 5.00. The zero-order valence-electron chi connectivity index (χ0n) is 22.7. The lowest BCUT2D eigenvalue weighted by molar-refractivity contribution is 0.184. The molecule has 1 atom stereocenters. The number of piperazine rings is 1. The summed E-state index contributed by atoms with van der Waals surface area (Å²) >= 11 is 1.18. The first-order chi connectivity index (χ1) is 18.7. The van der Waals surface area contributed by atoms with Crippen molar-refractivity contribution >= 4 is 38.1 Å². The highest BCUT2D eigenvalue weighted by molar-refractivity contribution is 7.91. The van der Waals surface area contributed by atoms with Gasteiger partial charge in [-0.3, -0.25) is 9.88 Å². The Morgan fingerprint density at radius 3 is 2.62 bits per heavy atom. The lowest BCUT2D eigenvalue weighted by atomic mass is 10.0. The number of sulfonamides is 1. The number of hydrogen-bond acceptors (Lipinski definition) is 10. The predicted molar refractivity (Wildman–Crippen MR) is 155 cm³/mol. The van der Waals surface area contributed by atoms with Gasteiger partial charge in [-0.2, -0.15) is 4.31 Å². The first-order valence-corrected chi connectivity index (χ1v) is 15.3. The number of thiazole rings is 1. The predicted octanol–water partition coefficient (Wildman–Crippen LogP) is 3.33. The molecule has 1 N–H and O–H groups in total. The molecule has 1 fully saturated rings. The summed E-state index contributed by atoms with van der Waals surface area (Å²) in [5.74, 6) is 0.786. The van der Waals surface area contributed by atoms with E-state index in [1.807, 2.05) is 38.6 Å². The molecule has 4 aromatic rings. The average Bonchev–Trinajstić information content (AvgIpc) is 3.35. The van der Waals surface area contributed by atoms with Crippen molar-refractivity contribution in [3.63, 3.8) is 0 Å². The molecule has 0 aliphatic carbocycles. The summed E-state index contributed by atoms with van der Waals surface area (Å²) in [6.45, 7) is 7.73. The number of anilines is 1. The van der Waals surface area contributed by atoms with Gasteiger partial charge in [0.05, 0.1) is 16.7 Å². The fourth-order valence-corrected chi connectivity index (χ4v) is 7.76. The van der Waals surface area contributed by atoms with Crippen molar-refractivity contribution in [2.75, 3.05) is 52.1 Å². The molecule has 10 nitrogen and oxygen atoms in total. The second-order valence-electron chi connectivity index (χ2n) is 10.2. The molecule has 0 radical (unpaired) electrons. The van der Waals surface area contributed by atoms with E-state index in [9.17, 15) is 8.42 Å². The van der Waals surface area contributed by atoms with Gasteiger partial charge < -0.3 is 10.2 Å². The Morgan fingerprint density at radius 2 is 1.90 bits per heavy atom. The Hall–Kier alpha value is -3.03. The van der Waals surface area contributed by atoms with Crippen molar-refractivity contribution in [2.24, 2.45) is 0 Å². The summed E-state index contributed by atoms with van der Waals surface area (Å²) in [6.07, 6.45) is 5.37. The normalized spacial score (nSPS) is 16.1. The Bertz CT molecular complexity index is 1550. The minimum Gasteiger partial charge on any atom is -0.366 e. The Labute approximate surface area is 233 Å². The fraction of sp³-hybridized carbons (Fsp3) is 0.407. The van der Waals surface area contributed by atoms with Crippen LogP contribution in [0.4, 0.5) is 5.82 Å². The van der Waals surface area contributed by atoms with Crippen LogP contribution >= 0.6 is 11.3 Å². The van der Waals surface area contributed by atoms with Gasteiger partial charge in [-0.1, -0.05) is 12.1 Å². The van der Waals surface area contributed by atoms with E-state index in [1.165, 1.54) is 11.3 Å². The summed E-state index contributed by atoms with van der Waals surface area (Å²) in [7, 11) is 0.601. The number of nitrogens with one attached hydrogen (secondary N) is 1. The van der Waals surface area contributed by atoms with Crippen LogP contribution < -0.4 is 5.32 Å². The molecule has 206 valence electrons. The molecular formula is C27H34N8O2S2. The molecule has 12 heteroatoms. The number of nitrogens with zero attached hydrogens (tertiary/aromatic N) is 7. The van der Waals surface area contributed by atoms with E-state index < -0.39 is 10.0 Å². The minimum atomic E-state index is -3.49. The Kier molecular flexibility index (Phi) is 8.19.